The van der Waals surface area contributed by atoms with Crippen LogP contribution in [0.2, 0.25) is 0 Å². The zero-order chi connectivity index (χ0) is 21.0. The summed E-state index contributed by atoms with van der Waals surface area (Å²) in [5, 5.41) is 8.16. The second kappa shape index (κ2) is 8.62. The summed E-state index contributed by atoms with van der Waals surface area (Å²) in [5.41, 5.74) is 1.19. The van der Waals surface area contributed by atoms with Gasteiger partial charge in [0.1, 0.15) is 0 Å². The lowest BCUT2D eigenvalue weighted by Gasteiger charge is -2.11. The number of ether oxygens (including phenoxy) is 2. The Hall–Kier alpha value is -2.91. The van der Waals surface area contributed by atoms with Gasteiger partial charge in [-0.2, -0.15) is 0 Å². The molecule has 8 nitrogen and oxygen atoms in total. The quantitative estimate of drug-likeness (QED) is 0.554. The molecule has 1 heterocycles. The fourth-order valence-electron chi connectivity index (χ4n) is 2.64. The van der Waals surface area contributed by atoms with Gasteiger partial charge in [0.15, 0.2) is 11.5 Å². The van der Waals surface area contributed by atoms with Crippen molar-refractivity contribution in [2.75, 3.05) is 27.3 Å². The number of benzene rings is 2. The van der Waals surface area contributed by atoms with Crippen LogP contribution in [0.3, 0.4) is 0 Å². The molecule has 0 spiro atoms. The van der Waals surface area contributed by atoms with E-state index in [2.05, 4.69) is 10.2 Å². The number of rotatable bonds is 8. The molecule has 0 saturated heterocycles. The first kappa shape index (κ1) is 20.8. The third-order valence-corrected chi connectivity index (χ3v) is 5.89. The molecule has 0 aliphatic heterocycles. The fraction of sp³-hybridized carbons (Fsp3) is 0.300. The van der Waals surface area contributed by atoms with Crippen LogP contribution in [0.15, 0.2) is 51.8 Å². The minimum Gasteiger partial charge on any atom is -0.490 e. The van der Waals surface area contributed by atoms with Crippen molar-refractivity contribution in [2.45, 2.75) is 18.7 Å². The molecule has 1 aromatic heterocycles. The SMILES string of the molecule is CCOc1ccc(-c2nnc(-c3cccc(S(=O)(=O)N(C)C)c3)o2)cc1OCC. The van der Waals surface area contributed by atoms with Gasteiger partial charge < -0.3 is 13.9 Å². The predicted octanol–water partition coefficient (Wildman–Crippen LogP) is 3.45. The van der Waals surface area contributed by atoms with E-state index < -0.39 is 10.0 Å². The molecule has 0 aliphatic rings. The summed E-state index contributed by atoms with van der Waals surface area (Å²) in [7, 11) is -0.600. The molecular formula is C20H23N3O5S. The van der Waals surface area contributed by atoms with E-state index in [4.69, 9.17) is 13.9 Å². The van der Waals surface area contributed by atoms with Gasteiger partial charge in [0.05, 0.1) is 18.1 Å². The zero-order valence-corrected chi connectivity index (χ0v) is 17.6. The molecule has 0 radical (unpaired) electrons. The Labute approximate surface area is 170 Å². The second-order valence-corrected chi connectivity index (χ2v) is 8.41. The Balaban J connectivity index is 1.95. The standard InChI is InChI=1S/C20H23N3O5S/c1-5-26-17-11-10-15(13-18(17)27-6-2)20-22-21-19(28-20)14-8-7-9-16(12-14)29(24,25)23(3)4/h7-13H,5-6H2,1-4H3. The monoisotopic (exact) mass is 417 g/mol. The molecule has 29 heavy (non-hydrogen) atoms. The molecule has 0 aliphatic carbocycles. The van der Waals surface area contributed by atoms with Crippen LogP contribution in [0.4, 0.5) is 0 Å². The Kier molecular flexibility index (Phi) is 6.19. The summed E-state index contributed by atoms with van der Waals surface area (Å²) in [6.45, 7) is 4.81. The van der Waals surface area contributed by atoms with Crippen LogP contribution < -0.4 is 9.47 Å². The van der Waals surface area contributed by atoms with E-state index in [1.165, 1.54) is 26.2 Å². The third kappa shape index (κ3) is 4.41. The van der Waals surface area contributed by atoms with Gasteiger partial charge in [0.2, 0.25) is 21.8 Å². The molecule has 2 aromatic carbocycles. The summed E-state index contributed by atoms with van der Waals surface area (Å²) >= 11 is 0. The van der Waals surface area contributed by atoms with Crippen LogP contribution in [0.25, 0.3) is 22.9 Å². The van der Waals surface area contributed by atoms with E-state index in [-0.39, 0.29) is 10.8 Å². The Morgan fingerprint density at radius 3 is 2.14 bits per heavy atom. The molecule has 9 heteroatoms. The Morgan fingerprint density at radius 1 is 0.897 bits per heavy atom. The van der Waals surface area contributed by atoms with Gasteiger partial charge in [0, 0.05) is 25.2 Å². The molecule has 154 valence electrons. The molecule has 0 fully saturated rings. The van der Waals surface area contributed by atoms with Crippen molar-refractivity contribution in [1.29, 1.82) is 0 Å². The maximum absolute atomic E-state index is 12.4. The zero-order valence-electron chi connectivity index (χ0n) is 16.7. The number of sulfonamides is 1. The molecule has 0 unspecified atom stereocenters. The number of hydrogen-bond donors (Lipinski definition) is 0. The van der Waals surface area contributed by atoms with Gasteiger partial charge in [-0.05, 0) is 50.2 Å². The van der Waals surface area contributed by atoms with Crippen molar-refractivity contribution >= 4 is 10.0 Å². The van der Waals surface area contributed by atoms with Crippen LogP contribution >= 0.6 is 0 Å². The molecule has 0 bridgehead atoms. The van der Waals surface area contributed by atoms with Crippen molar-refractivity contribution in [3.63, 3.8) is 0 Å². The van der Waals surface area contributed by atoms with E-state index in [1.807, 2.05) is 13.8 Å². The van der Waals surface area contributed by atoms with Crippen LogP contribution in [0, 0.1) is 0 Å². The minimum atomic E-state index is -3.56. The van der Waals surface area contributed by atoms with E-state index in [0.29, 0.717) is 41.7 Å². The lowest BCUT2D eigenvalue weighted by Crippen LogP contribution is -2.22. The number of hydrogen-bond acceptors (Lipinski definition) is 7. The first-order valence-corrected chi connectivity index (χ1v) is 10.6. The van der Waals surface area contributed by atoms with Crippen LogP contribution in [0.1, 0.15) is 13.8 Å². The summed E-state index contributed by atoms with van der Waals surface area (Å²) < 4.78 is 42.9. The molecular weight excluding hydrogens is 394 g/mol. The van der Waals surface area contributed by atoms with Crippen LogP contribution in [-0.2, 0) is 10.0 Å². The molecule has 3 rings (SSSR count). The highest BCUT2D eigenvalue weighted by molar-refractivity contribution is 7.89. The first-order chi connectivity index (χ1) is 13.9. The third-order valence-electron chi connectivity index (χ3n) is 4.07. The largest absolute Gasteiger partial charge is 0.490 e. The highest BCUT2D eigenvalue weighted by Crippen LogP contribution is 2.33. The molecule has 0 N–H and O–H groups in total. The van der Waals surface area contributed by atoms with Gasteiger partial charge in [-0.1, -0.05) is 6.07 Å². The maximum Gasteiger partial charge on any atom is 0.248 e. The average Bonchev–Trinajstić information content (AvgIpc) is 3.20. The van der Waals surface area contributed by atoms with Gasteiger partial charge >= 0.3 is 0 Å². The Bertz CT molecular complexity index is 1090. The average molecular weight is 417 g/mol. The summed E-state index contributed by atoms with van der Waals surface area (Å²) in [5.74, 6) is 1.75. The number of nitrogens with zero attached hydrogens (tertiary/aromatic N) is 3. The normalized spacial score (nSPS) is 11.6. The van der Waals surface area contributed by atoms with Crippen molar-refractivity contribution < 1.29 is 22.3 Å². The predicted molar refractivity (Wildman–Crippen MR) is 108 cm³/mol. The second-order valence-electron chi connectivity index (χ2n) is 6.26. The minimum absolute atomic E-state index is 0.152. The van der Waals surface area contributed by atoms with E-state index >= 15 is 0 Å². The van der Waals surface area contributed by atoms with Gasteiger partial charge in [0.25, 0.3) is 0 Å². The van der Waals surface area contributed by atoms with E-state index in [0.717, 1.165) is 4.31 Å². The van der Waals surface area contributed by atoms with Crippen molar-refractivity contribution in [3.8, 4) is 34.4 Å². The maximum atomic E-state index is 12.4. The highest BCUT2D eigenvalue weighted by atomic mass is 32.2. The smallest absolute Gasteiger partial charge is 0.248 e. The fourth-order valence-corrected chi connectivity index (χ4v) is 3.59. The Morgan fingerprint density at radius 2 is 1.52 bits per heavy atom. The summed E-state index contributed by atoms with van der Waals surface area (Å²) in [6, 6.07) is 11.8. The van der Waals surface area contributed by atoms with Gasteiger partial charge in [-0.25, -0.2) is 12.7 Å². The van der Waals surface area contributed by atoms with E-state index in [9.17, 15) is 8.42 Å². The lowest BCUT2D eigenvalue weighted by molar-refractivity contribution is 0.288. The molecule has 0 saturated carbocycles. The molecule has 0 amide bonds. The van der Waals surface area contributed by atoms with Crippen molar-refractivity contribution in [3.05, 3.63) is 42.5 Å². The molecule has 3 aromatic rings. The molecule has 0 atom stereocenters. The lowest BCUT2D eigenvalue weighted by atomic mass is 10.2. The topological polar surface area (TPSA) is 94.8 Å². The van der Waals surface area contributed by atoms with Gasteiger partial charge in [-0.15, -0.1) is 10.2 Å². The number of aromatic nitrogens is 2. The summed E-state index contributed by atoms with van der Waals surface area (Å²) in [4.78, 5) is 0.152. The van der Waals surface area contributed by atoms with Crippen molar-refractivity contribution in [2.24, 2.45) is 0 Å². The van der Waals surface area contributed by atoms with Gasteiger partial charge in [-0.3, -0.25) is 0 Å². The van der Waals surface area contributed by atoms with Crippen LogP contribution in [0.5, 0.6) is 11.5 Å². The van der Waals surface area contributed by atoms with Crippen LogP contribution in [-0.4, -0.2) is 50.2 Å². The summed E-state index contributed by atoms with van der Waals surface area (Å²) in [6.07, 6.45) is 0. The first-order valence-electron chi connectivity index (χ1n) is 9.13. The van der Waals surface area contributed by atoms with E-state index in [1.54, 1.807) is 30.3 Å². The highest BCUT2D eigenvalue weighted by Gasteiger charge is 2.19. The van der Waals surface area contributed by atoms with Crippen molar-refractivity contribution in [1.82, 2.24) is 14.5 Å².